The fourth-order valence-corrected chi connectivity index (χ4v) is 3.00. The van der Waals surface area contributed by atoms with Gasteiger partial charge in [-0.15, -0.1) is 0 Å². The van der Waals surface area contributed by atoms with Crippen molar-refractivity contribution in [2.45, 2.75) is 19.4 Å². The molecule has 25 heavy (non-hydrogen) atoms. The average Bonchev–Trinajstić information content (AvgIpc) is 3.17. The average molecular weight is 341 g/mol. The summed E-state index contributed by atoms with van der Waals surface area (Å²) in [5.74, 6) is 1.59. The summed E-state index contributed by atoms with van der Waals surface area (Å²) in [6.45, 7) is 4.76. The lowest BCUT2D eigenvalue weighted by molar-refractivity contribution is 0.230. The van der Waals surface area contributed by atoms with E-state index in [1.165, 1.54) is 25.9 Å². The van der Waals surface area contributed by atoms with E-state index in [0.29, 0.717) is 13.2 Å². The number of methoxy groups -OCH3 is 1. The van der Waals surface area contributed by atoms with Gasteiger partial charge in [0.05, 0.1) is 7.11 Å². The summed E-state index contributed by atoms with van der Waals surface area (Å²) in [6, 6.07) is 16.1. The summed E-state index contributed by atoms with van der Waals surface area (Å²) >= 11 is 0. The quantitative estimate of drug-likeness (QED) is 0.685. The predicted molar refractivity (Wildman–Crippen MR) is 101 cm³/mol. The molecule has 2 aromatic rings. The molecule has 1 heterocycles. The van der Waals surface area contributed by atoms with Gasteiger partial charge in [0.2, 0.25) is 0 Å². The molecule has 0 radical (unpaired) electrons. The van der Waals surface area contributed by atoms with E-state index in [9.17, 15) is 0 Å². The van der Waals surface area contributed by atoms with Crippen molar-refractivity contribution in [2.75, 3.05) is 38.8 Å². The zero-order chi connectivity index (χ0) is 17.3. The summed E-state index contributed by atoms with van der Waals surface area (Å²) in [5, 5.41) is 0. The van der Waals surface area contributed by atoms with E-state index in [2.05, 4.69) is 21.8 Å². The van der Waals surface area contributed by atoms with Crippen molar-refractivity contribution in [1.29, 1.82) is 0 Å². The van der Waals surface area contributed by atoms with Crippen LogP contribution in [0.15, 0.2) is 48.5 Å². The Morgan fingerprint density at radius 1 is 1.00 bits per heavy atom. The van der Waals surface area contributed by atoms with Crippen LogP contribution in [0.2, 0.25) is 0 Å². The van der Waals surface area contributed by atoms with Gasteiger partial charge in [-0.1, -0.05) is 24.3 Å². The number of para-hydroxylation sites is 1. The molecule has 0 saturated carbocycles. The van der Waals surface area contributed by atoms with Crippen LogP contribution < -0.4 is 20.3 Å². The van der Waals surface area contributed by atoms with Gasteiger partial charge in [0.1, 0.15) is 6.61 Å². The second kappa shape index (κ2) is 9.30. The van der Waals surface area contributed by atoms with Crippen molar-refractivity contribution in [3.05, 3.63) is 54.1 Å². The minimum atomic E-state index is 0.694. The van der Waals surface area contributed by atoms with E-state index in [1.54, 1.807) is 7.11 Å². The molecule has 0 spiro atoms. The molecule has 0 bridgehead atoms. The molecule has 1 fully saturated rings. The lowest BCUT2D eigenvalue weighted by Crippen LogP contribution is -2.25. The third kappa shape index (κ3) is 5.37. The molecule has 0 unspecified atom stereocenters. The Labute approximate surface area is 149 Å². The van der Waals surface area contributed by atoms with Crippen LogP contribution in [0.5, 0.6) is 11.5 Å². The van der Waals surface area contributed by atoms with E-state index in [1.807, 2.05) is 42.5 Å². The van der Waals surface area contributed by atoms with Gasteiger partial charge in [-0.25, -0.2) is 5.43 Å². The molecule has 1 saturated heterocycles. The predicted octanol–water partition coefficient (Wildman–Crippen LogP) is 3.29. The topological polar surface area (TPSA) is 45.8 Å². The smallest absolute Gasteiger partial charge is 0.161 e. The van der Waals surface area contributed by atoms with E-state index in [0.717, 1.165) is 29.3 Å². The SMILES string of the molecule is COc1cc(CNNc2ccccc2)ccc1OCCN1CCCC1. The highest BCUT2D eigenvalue weighted by Crippen LogP contribution is 2.28. The van der Waals surface area contributed by atoms with Gasteiger partial charge < -0.3 is 14.9 Å². The first-order valence-corrected chi connectivity index (χ1v) is 8.91. The van der Waals surface area contributed by atoms with E-state index in [-0.39, 0.29) is 0 Å². The first-order valence-electron chi connectivity index (χ1n) is 8.91. The maximum absolute atomic E-state index is 5.92. The third-order valence-corrected chi connectivity index (χ3v) is 4.39. The van der Waals surface area contributed by atoms with Crippen molar-refractivity contribution in [2.24, 2.45) is 0 Å². The molecule has 0 atom stereocenters. The van der Waals surface area contributed by atoms with Crippen LogP contribution in [0, 0.1) is 0 Å². The van der Waals surface area contributed by atoms with Gasteiger partial charge in [-0.05, 0) is 55.8 Å². The maximum Gasteiger partial charge on any atom is 0.161 e. The highest BCUT2D eigenvalue weighted by atomic mass is 16.5. The number of nitrogens with zero attached hydrogens (tertiary/aromatic N) is 1. The molecule has 3 rings (SSSR count). The van der Waals surface area contributed by atoms with Crippen molar-refractivity contribution >= 4 is 5.69 Å². The Balaban J connectivity index is 1.48. The summed E-state index contributed by atoms with van der Waals surface area (Å²) < 4.78 is 11.4. The van der Waals surface area contributed by atoms with Crippen LogP contribution in [0.25, 0.3) is 0 Å². The number of hydrogen-bond acceptors (Lipinski definition) is 5. The molecule has 2 N–H and O–H groups in total. The molecule has 5 nitrogen and oxygen atoms in total. The van der Waals surface area contributed by atoms with Gasteiger partial charge in [0, 0.05) is 18.8 Å². The van der Waals surface area contributed by atoms with Crippen LogP contribution >= 0.6 is 0 Å². The lowest BCUT2D eigenvalue weighted by atomic mass is 10.2. The second-order valence-corrected chi connectivity index (χ2v) is 6.23. The van der Waals surface area contributed by atoms with Crippen LogP contribution in [0.1, 0.15) is 18.4 Å². The van der Waals surface area contributed by atoms with Crippen molar-refractivity contribution in [3.8, 4) is 11.5 Å². The standard InChI is InChI=1S/C20H27N3O2/c1-24-20-15-17(16-21-22-18-7-3-2-4-8-18)9-10-19(20)25-14-13-23-11-5-6-12-23/h2-4,7-10,15,21-22H,5-6,11-14,16H2,1H3. The lowest BCUT2D eigenvalue weighted by Gasteiger charge is -2.17. The van der Waals surface area contributed by atoms with Crippen molar-refractivity contribution in [1.82, 2.24) is 10.3 Å². The second-order valence-electron chi connectivity index (χ2n) is 6.23. The first kappa shape index (κ1) is 17.6. The van der Waals surface area contributed by atoms with Crippen molar-refractivity contribution < 1.29 is 9.47 Å². The van der Waals surface area contributed by atoms with Crippen LogP contribution in [0.3, 0.4) is 0 Å². The van der Waals surface area contributed by atoms with Gasteiger partial charge in [0.25, 0.3) is 0 Å². The molecular formula is C20H27N3O2. The third-order valence-electron chi connectivity index (χ3n) is 4.39. The number of hydrazine groups is 1. The minimum Gasteiger partial charge on any atom is -0.493 e. The Morgan fingerprint density at radius 2 is 1.80 bits per heavy atom. The number of hydrogen-bond donors (Lipinski definition) is 2. The molecule has 0 amide bonds. The number of ether oxygens (including phenoxy) is 2. The van der Waals surface area contributed by atoms with Gasteiger partial charge >= 0.3 is 0 Å². The maximum atomic E-state index is 5.92. The summed E-state index contributed by atoms with van der Waals surface area (Å²) in [4.78, 5) is 2.44. The number of benzene rings is 2. The summed E-state index contributed by atoms with van der Waals surface area (Å²) in [5.41, 5.74) is 8.57. The molecule has 2 aromatic carbocycles. The number of anilines is 1. The molecule has 0 aliphatic carbocycles. The zero-order valence-electron chi connectivity index (χ0n) is 14.8. The van der Waals surface area contributed by atoms with E-state index >= 15 is 0 Å². The van der Waals surface area contributed by atoms with E-state index in [4.69, 9.17) is 9.47 Å². The van der Waals surface area contributed by atoms with Crippen LogP contribution in [0.4, 0.5) is 5.69 Å². The normalized spacial score (nSPS) is 14.4. The minimum absolute atomic E-state index is 0.694. The zero-order valence-corrected chi connectivity index (χ0v) is 14.8. The Morgan fingerprint density at radius 3 is 2.56 bits per heavy atom. The molecule has 0 aromatic heterocycles. The molecule has 134 valence electrons. The number of rotatable bonds is 9. The Kier molecular flexibility index (Phi) is 6.54. The summed E-state index contributed by atoms with van der Waals surface area (Å²) in [7, 11) is 1.68. The molecule has 1 aliphatic heterocycles. The number of likely N-dealkylation sites (tertiary alicyclic amines) is 1. The highest BCUT2D eigenvalue weighted by molar-refractivity contribution is 5.44. The van der Waals surface area contributed by atoms with Gasteiger partial charge in [-0.2, -0.15) is 0 Å². The fourth-order valence-electron chi connectivity index (χ4n) is 3.00. The molecule has 1 aliphatic rings. The van der Waals surface area contributed by atoms with Crippen LogP contribution in [-0.2, 0) is 6.54 Å². The highest BCUT2D eigenvalue weighted by Gasteiger charge is 2.12. The van der Waals surface area contributed by atoms with E-state index < -0.39 is 0 Å². The van der Waals surface area contributed by atoms with Crippen molar-refractivity contribution in [3.63, 3.8) is 0 Å². The first-order chi connectivity index (χ1) is 12.3. The Hall–Kier alpha value is -2.24. The monoisotopic (exact) mass is 341 g/mol. The fraction of sp³-hybridized carbons (Fsp3) is 0.400. The van der Waals surface area contributed by atoms with Gasteiger partial charge in [0.15, 0.2) is 11.5 Å². The summed E-state index contributed by atoms with van der Waals surface area (Å²) in [6.07, 6.45) is 2.62. The van der Waals surface area contributed by atoms with Gasteiger partial charge in [-0.3, -0.25) is 4.90 Å². The molecular weight excluding hydrogens is 314 g/mol. The largest absolute Gasteiger partial charge is 0.493 e. The molecule has 5 heteroatoms. The number of nitrogens with one attached hydrogen (secondary N) is 2. The Bertz CT molecular complexity index is 643. The van der Waals surface area contributed by atoms with Crippen LogP contribution in [-0.4, -0.2) is 38.3 Å².